The number of carbonyl (C=O) groups is 2. The molecule has 1 fully saturated rings. The fourth-order valence-corrected chi connectivity index (χ4v) is 2.68. The van der Waals surface area contributed by atoms with Gasteiger partial charge in [0.1, 0.15) is 6.04 Å². The second-order valence-corrected chi connectivity index (χ2v) is 5.07. The van der Waals surface area contributed by atoms with Crippen LogP contribution in [0.15, 0.2) is 18.2 Å². The van der Waals surface area contributed by atoms with Gasteiger partial charge in [0.2, 0.25) is 0 Å². The summed E-state index contributed by atoms with van der Waals surface area (Å²) >= 11 is 0. The number of aryl methyl sites for hydroxylation is 1. The minimum Gasteiger partial charge on any atom is -0.467 e. The summed E-state index contributed by atoms with van der Waals surface area (Å²) in [6.07, 6.45) is 2.46. The Morgan fingerprint density at radius 2 is 2.10 bits per heavy atom. The molecule has 1 unspecified atom stereocenters. The van der Waals surface area contributed by atoms with Crippen molar-refractivity contribution in [2.24, 2.45) is 0 Å². The Labute approximate surface area is 118 Å². The highest BCUT2D eigenvalue weighted by atomic mass is 16.5. The van der Waals surface area contributed by atoms with Gasteiger partial charge in [-0.15, -0.1) is 0 Å². The van der Waals surface area contributed by atoms with Crippen molar-refractivity contribution in [2.45, 2.75) is 32.2 Å². The van der Waals surface area contributed by atoms with Crippen LogP contribution in [0.2, 0.25) is 0 Å². The largest absolute Gasteiger partial charge is 0.467 e. The number of nitrogens with zero attached hydrogens (tertiary/aromatic N) is 1. The Hall–Kier alpha value is -2.04. The van der Waals surface area contributed by atoms with Crippen molar-refractivity contribution in [1.29, 1.82) is 0 Å². The minimum absolute atomic E-state index is 0.185. The molecule has 0 bridgehead atoms. The molecule has 1 amide bonds. The molecule has 20 heavy (non-hydrogen) atoms. The van der Waals surface area contributed by atoms with Gasteiger partial charge in [0.25, 0.3) is 5.91 Å². The number of benzene rings is 1. The molecule has 1 saturated heterocycles. The van der Waals surface area contributed by atoms with Gasteiger partial charge in [0, 0.05) is 12.2 Å². The molecule has 1 heterocycles. The molecule has 108 valence electrons. The quantitative estimate of drug-likeness (QED) is 0.659. The maximum Gasteiger partial charge on any atom is 0.328 e. The van der Waals surface area contributed by atoms with Crippen molar-refractivity contribution in [2.75, 3.05) is 19.4 Å². The molecule has 0 aliphatic carbocycles. The number of piperidine rings is 1. The first kappa shape index (κ1) is 14.4. The normalized spacial score (nSPS) is 18.7. The summed E-state index contributed by atoms with van der Waals surface area (Å²) in [6, 6.07) is 4.87. The zero-order valence-electron chi connectivity index (χ0n) is 11.9. The highest BCUT2D eigenvalue weighted by molar-refractivity contribution is 6.02. The number of hydrogen-bond donors (Lipinski definition) is 1. The summed E-state index contributed by atoms with van der Waals surface area (Å²) in [6.45, 7) is 2.41. The maximum absolute atomic E-state index is 12.7. The summed E-state index contributed by atoms with van der Waals surface area (Å²) in [5.41, 5.74) is 7.68. The molecule has 1 aliphatic rings. The van der Waals surface area contributed by atoms with Crippen molar-refractivity contribution in [3.05, 3.63) is 29.3 Å². The number of hydrogen-bond acceptors (Lipinski definition) is 4. The van der Waals surface area contributed by atoms with Gasteiger partial charge in [0.05, 0.1) is 12.7 Å². The van der Waals surface area contributed by atoms with Gasteiger partial charge in [-0.3, -0.25) is 4.79 Å². The van der Waals surface area contributed by atoms with Crippen molar-refractivity contribution < 1.29 is 14.3 Å². The third kappa shape index (κ3) is 2.61. The molecular formula is C15H20N2O3. The molecule has 5 nitrogen and oxygen atoms in total. The second kappa shape index (κ2) is 5.94. The lowest BCUT2D eigenvalue weighted by Crippen LogP contribution is -2.48. The van der Waals surface area contributed by atoms with E-state index in [-0.39, 0.29) is 11.9 Å². The number of methoxy groups -OCH3 is 1. The van der Waals surface area contributed by atoms with Crippen LogP contribution in [0.25, 0.3) is 0 Å². The average Bonchev–Trinajstić information content (AvgIpc) is 2.46. The predicted octanol–water partition coefficient (Wildman–Crippen LogP) is 1.74. The lowest BCUT2D eigenvalue weighted by molar-refractivity contribution is -0.147. The number of likely N-dealkylation sites (tertiary alicyclic amines) is 1. The topological polar surface area (TPSA) is 72.6 Å². The van der Waals surface area contributed by atoms with Gasteiger partial charge in [-0.1, -0.05) is 12.1 Å². The Morgan fingerprint density at radius 3 is 2.75 bits per heavy atom. The van der Waals surface area contributed by atoms with Gasteiger partial charge >= 0.3 is 5.97 Å². The molecule has 2 N–H and O–H groups in total. The molecular weight excluding hydrogens is 256 g/mol. The molecule has 2 rings (SSSR count). The number of nitrogens with two attached hydrogens (primary N) is 1. The molecule has 1 atom stereocenters. The minimum atomic E-state index is -0.500. The smallest absolute Gasteiger partial charge is 0.328 e. The van der Waals surface area contributed by atoms with Crippen LogP contribution in [0.3, 0.4) is 0 Å². The van der Waals surface area contributed by atoms with Crippen LogP contribution >= 0.6 is 0 Å². The van der Waals surface area contributed by atoms with Crippen LogP contribution < -0.4 is 5.73 Å². The van der Waals surface area contributed by atoms with Crippen LogP contribution in [-0.2, 0) is 9.53 Å². The first-order chi connectivity index (χ1) is 9.56. The summed E-state index contributed by atoms with van der Waals surface area (Å²) in [5, 5.41) is 0. The number of rotatable bonds is 2. The number of amides is 1. The van der Waals surface area contributed by atoms with E-state index in [1.54, 1.807) is 11.0 Å². The number of nitrogen functional groups attached to an aromatic ring is 1. The van der Waals surface area contributed by atoms with Crippen molar-refractivity contribution in [3.63, 3.8) is 0 Å². The highest BCUT2D eigenvalue weighted by Crippen LogP contribution is 2.24. The van der Waals surface area contributed by atoms with Gasteiger partial charge < -0.3 is 15.4 Å². The summed E-state index contributed by atoms with van der Waals surface area (Å²) in [7, 11) is 1.35. The van der Waals surface area contributed by atoms with E-state index in [2.05, 4.69) is 0 Å². The van der Waals surface area contributed by atoms with Gasteiger partial charge in [-0.25, -0.2) is 4.79 Å². The van der Waals surface area contributed by atoms with Crippen molar-refractivity contribution in [1.82, 2.24) is 4.90 Å². The standard InChI is InChI=1S/C15H20N2O3/c1-10-6-5-7-11(16)13(10)14(18)17-9-4-3-8-12(17)15(19)20-2/h5-7,12H,3-4,8-9,16H2,1-2H3. The molecule has 0 radical (unpaired) electrons. The summed E-state index contributed by atoms with van der Waals surface area (Å²) in [5.74, 6) is -0.541. The zero-order chi connectivity index (χ0) is 14.7. The first-order valence-corrected chi connectivity index (χ1v) is 6.80. The Morgan fingerprint density at radius 1 is 1.35 bits per heavy atom. The van der Waals surface area contributed by atoms with E-state index in [4.69, 9.17) is 10.5 Å². The van der Waals surface area contributed by atoms with Gasteiger partial charge in [0.15, 0.2) is 0 Å². The van der Waals surface area contributed by atoms with E-state index in [1.165, 1.54) is 7.11 Å². The molecule has 1 aromatic carbocycles. The van der Waals surface area contributed by atoms with Crippen LogP contribution in [0.4, 0.5) is 5.69 Å². The van der Waals surface area contributed by atoms with Crippen LogP contribution in [0, 0.1) is 6.92 Å². The Kier molecular flexibility index (Phi) is 4.27. The Bertz CT molecular complexity index is 508. The number of anilines is 1. The third-order valence-electron chi connectivity index (χ3n) is 3.76. The van der Waals surface area contributed by atoms with Crippen LogP contribution in [0.1, 0.15) is 35.2 Å². The van der Waals surface area contributed by atoms with E-state index in [0.717, 1.165) is 18.4 Å². The molecule has 0 saturated carbocycles. The van der Waals surface area contributed by atoms with E-state index in [1.807, 2.05) is 19.1 Å². The fourth-order valence-electron chi connectivity index (χ4n) is 2.68. The molecule has 1 aromatic rings. The SMILES string of the molecule is COC(=O)C1CCCCN1C(=O)c1c(C)cccc1N. The molecule has 1 aliphatic heterocycles. The maximum atomic E-state index is 12.7. The molecule has 5 heteroatoms. The van der Waals surface area contributed by atoms with Crippen molar-refractivity contribution in [3.8, 4) is 0 Å². The van der Waals surface area contributed by atoms with Crippen LogP contribution in [-0.4, -0.2) is 36.5 Å². The second-order valence-electron chi connectivity index (χ2n) is 5.07. The first-order valence-electron chi connectivity index (χ1n) is 6.80. The average molecular weight is 276 g/mol. The Balaban J connectivity index is 2.33. The number of carbonyl (C=O) groups excluding carboxylic acids is 2. The van der Waals surface area contributed by atoms with Crippen LogP contribution in [0.5, 0.6) is 0 Å². The van der Waals surface area contributed by atoms with Gasteiger partial charge in [-0.2, -0.15) is 0 Å². The molecule has 0 spiro atoms. The van der Waals surface area contributed by atoms with E-state index < -0.39 is 6.04 Å². The predicted molar refractivity (Wildman–Crippen MR) is 76.3 cm³/mol. The lowest BCUT2D eigenvalue weighted by atomic mass is 9.98. The monoisotopic (exact) mass is 276 g/mol. The summed E-state index contributed by atoms with van der Waals surface area (Å²) < 4.78 is 4.80. The highest BCUT2D eigenvalue weighted by Gasteiger charge is 2.34. The van der Waals surface area contributed by atoms with E-state index in [9.17, 15) is 9.59 Å². The zero-order valence-corrected chi connectivity index (χ0v) is 11.9. The van der Waals surface area contributed by atoms with Crippen molar-refractivity contribution >= 4 is 17.6 Å². The molecule has 0 aromatic heterocycles. The van der Waals surface area contributed by atoms with Gasteiger partial charge in [-0.05, 0) is 37.8 Å². The van der Waals surface area contributed by atoms with E-state index in [0.29, 0.717) is 24.2 Å². The van der Waals surface area contributed by atoms with E-state index >= 15 is 0 Å². The summed E-state index contributed by atoms with van der Waals surface area (Å²) in [4.78, 5) is 26.1. The fraction of sp³-hybridized carbons (Fsp3) is 0.467. The number of esters is 1. The third-order valence-corrected chi connectivity index (χ3v) is 3.76. The number of ether oxygens (including phenoxy) is 1. The lowest BCUT2D eigenvalue weighted by Gasteiger charge is -2.34.